The Morgan fingerprint density at radius 1 is 1.06 bits per heavy atom. The highest BCUT2D eigenvalue weighted by Crippen LogP contribution is 2.45. The number of nitrogens with zero attached hydrogens (tertiary/aromatic N) is 1. The standard InChI is InChI=1S/C24H23N3O6/c1-27(2)24(31)14-4-3-5-15(21(14)28)25-19-20(23(30)22(19)29)26-18(12-6-7-12)13-8-9-16-17(10-13)33-11-32-16/h3-5,8-10,12,18,25-26,28H,6-7,11H2,1-2H3/t18-/m1/s1. The van der Waals surface area contributed by atoms with E-state index in [9.17, 15) is 19.5 Å². The zero-order valence-electron chi connectivity index (χ0n) is 18.2. The summed E-state index contributed by atoms with van der Waals surface area (Å²) in [7, 11) is 3.16. The summed E-state index contributed by atoms with van der Waals surface area (Å²) in [6.45, 7) is 0.172. The first-order valence-electron chi connectivity index (χ1n) is 10.6. The van der Waals surface area contributed by atoms with Gasteiger partial charge in [0.05, 0.1) is 17.3 Å². The molecule has 1 atom stereocenters. The number of phenols is 1. The van der Waals surface area contributed by atoms with E-state index in [1.165, 1.54) is 11.0 Å². The van der Waals surface area contributed by atoms with Gasteiger partial charge in [0.1, 0.15) is 11.4 Å². The number of anilines is 3. The number of carbonyl (C=O) groups excluding carboxylic acids is 1. The summed E-state index contributed by atoms with van der Waals surface area (Å²) in [4.78, 5) is 38.4. The minimum absolute atomic E-state index is 0.0659. The highest BCUT2D eigenvalue weighted by atomic mass is 16.7. The minimum Gasteiger partial charge on any atom is -0.505 e. The summed E-state index contributed by atoms with van der Waals surface area (Å²) in [6.07, 6.45) is 2.00. The van der Waals surface area contributed by atoms with Crippen LogP contribution in [-0.4, -0.2) is 36.8 Å². The van der Waals surface area contributed by atoms with Gasteiger partial charge in [-0.3, -0.25) is 14.4 Å². The van der Waals surface area contributed by atoms with Crippen molar-refractivity contribution in [3.8, 4) is 17.2 Å². The first-order valence-corrected chi connectivity index (χ1v) is 10.6. The third-order valence-electron chi connectivity index (χ3n) is 5.99. The second-order valence-electron chi connectivity index (χ2n) is 8.51. The van der Waals surface area contributed by atoms with Crippen molar-refractivity contribution in [2.75, 3.05) is 31.5 Å². The van der Waals surface area contributed by atoms with E-state index in [1.54, 1.807) is 26.2 Å². The van der Waals surface area contributed by atoms with E-state index in [0.717, 1.165) is 18.4 Å². The maximum Gasteiger partial charge on any atom is 0.257 e. The van der Waals surface area contributed by atoms with E-state index in [0.29, 0.717) is 17.4 Å². The van der Waals surface area contributed by atoms with E-state index in [1.807, 2.05) is 18.2 Å². The van der Waals surface area contributed by atoms with Crippen LogP contribution >= 0.6 is 0 Å². The summed E-state index contributed by atoms with van der Waals surface area (Å²) in [5.74, 6) is 0.973. The number of carbonyl (C=O) groups is 1. The van der Waals surface area contributed by atoms with E-state index in [2.05, 4.69) is 10.6 Å². The van der Waals surface area contributed by atoms with E-state index in [4.69, 9.17) is 9.47 Å². The predicted molar refractivity (Wildman–Crippen MR) is 122 cm³/mol. The average Bonchev–Trinajstić information content (AvgIpc) is 3.54. The van der Waals surface area contributed by atoms with Gasteiger partial charge in [0, 0.05) is 14.1 Å². The molecule has 0 saturated heterocycles. The minimum atomic E-state index is -0.679. The van der Waals surface area contributed by atoms with Crippen LogP contribution in [0.4, 0.5) is 17.1 Å². The first kappa shape index (κ1) is 20.9. The van der Waals surface area contributed by atoms with Gasteiger partial charge >= 0.3 is 0 Å². The van der Waals surface area contributed by atoms with E-state index in [-0.39, 0.29) is 47.1 Å². The highest BCUT2D eigenvalue weighted by molar-refractivity contribution is 5.99. The fourth-order valence-electron chi connectivity index (χ4n) is 4.01. The molecule has 0 unspecified atom stereocenters. The number of aromatic hydroxyl groups is 1. The summed E-state index contributed by atoms with van der Waals surface area (Å²) in [5, 5.41) is 16.7. The fraction of sp³-hybridized carbons (Fsp3) is 0.292. The van der Waals surface area contributed by atoms with Crippen LogP contribution in [0.15, 0.2) is 46.0 Å². The number of para-hydroxylation sites is 1. The molecule has 9 heteroatoms. The molecule has 0 spiro atoms. The molecule has 3 aromatic rings. The quantitative estimate of drug-likeness (QED) is 0.372. The molecule has 1 aliphatic carbocycles. The third kappa shape index (κ3) is 3.65. The molecular weight excluding hydrogens is 426 g/mol. The maximum absolute atomic E-state index is 12.4. The molecule has 3 N–H and O–H groups in total. The van der Waals surface area contributed by atoms with Crippen molar-refractivity contribution < 1.29 is 19.4 Å². The van der Waals surface area contributed by atoms with Crippen molar-refractivity contribution in [3.05, 3.63) is 68.0 Å². The molecule has 1 fully saturated rings. The van der Waals surface area contributed by atoms with Crippen LogP contribution in [0.25, 0.3) is 0 Å². The van der Waals surface area contributed by atoms with Crippen LogP contribution in [-0.2, 0) is 0 Å². The summed E-state index contributed by atoms with van der Waals surface area (Å²) >= 11 is 0. The van der Waals surface area contributed by atoms with Crippen molar-refractivity contribution in [2.24, 2.45) is 5.92 Å². The van der Waals surface area contributed by atoms with Crippen LogP contribution < -0.4 is 31.0 Å². The number of hydrogen-bond acceptors (Lipinski definition) is 8. The molecule has 1 amide bonds. The molecule has 1 saturated carbocycles. The lowest BCUT2D eigenvalue weighted by Gasteiger charge is -2.23. The second-order valence-corrected chi connectivity index (χ2v) is 8.51. The Labute approximate surface area is 189 Å². The van der Waals surface area contributed by atoms with Crippen LogP contribution in [0.3, 0.4) is 0 Å². The molecule has 0 aromatic heterocycles. The van der Waals surface area contributed by atoms with Crippen molar-refractivity contribution >= 4 is 23.0 Å². The third-order valence-corrected chi connectivity index (χ3v) is 5.99. The number of ether oxygens (including phenoxy) is 2. The Hall–Kier alpha value is -4.01. The van der Waals surface area contributed by atoms with E-state index >= 15 is 0 Å². The Bertz CT molecular complexity index is 1320. The second kappa shape index (κ2) is 7.84. The fourth-order valence-corrected chi connectivity index (χ4v) is 4.01. The maximum atomic E-state index is 12.4. The van der Waals surface area contributed by atoms with Crippen molar-refractivity contribution in [1.82, 2.24) is 4.90 Å². The lowest BCUT2D eigenvalue weighted by molar-refractivity contribution is 0.0824. The van der Waals surface area contributed by atoms with Gasteiger partial charge in [0.2, 0.25) is 6.79 Å². The molecule has 0 radical (unpaired) electrons. The van der Waals surface area contributed by atoms with Gasteiger partial charge in [-0.1, -0.05) is 12.1 Å². The Morgan fingerprint density at radius 2 is 1.79 bits per heavy atom. The Balaban J connectivity index is 1.44. The zero-order valence-corrected chi connectivity index (χ0v) is 18.2. The number of amides is 1. The number of rotatable bonds is 7. The van der Waals surface area contributed by atoms with Crippen LogP contribution in [0.2, 0.25) is 0 Å². The number of fused-ring (bicyclic) bond motifs is 1. The normalized spacial score (nSPS) is 15.3. The number of benzene rings is 2. The molecule has 170 valence electrons. The predicted octanol–water partition coefficient (Wildman–Crippen LogP) is 2.73. The molecule has 2 aliphatic rings. The lowest BCUT2D eigenvalue weighted by atomic mass is 10.00. The van der Waals surface area contributed by atoms with Crippen LogP contribution in [0, 0.1) is 5.92 Å². The number of phenolic OH excluding ortho intramolecular Hbond substituents is 1. The summed E-state index contributed by atoms with van der Waals surface area (Å²) in [6, 6.07) is 10.1. The highest BCUT2D eigenvalue weighted by Gasteiger charge is 2.36. The van der Waals surface area contributed by atoms with Gasteiger partial charge in [0.25, 0.3) is 16.8 Å². The first-order chi connectivity index (χ1) is 15.8. The molecule has 1 heterocycles. The Kier molecular flexibility index (Phi) is 4.96. The molecule has 9 nitrogen and oxygen atoms in total. The molecular formula is C24H23N3O6. The molecule has 0 bridgehead atoms. The van der Waals surface area contributed by atoms with Gasteiger partial charge in [-0.15, -0.1) is 0 Å². The van der Waals surface area contributed by atoms with Crippen LogP contribution in [0.1, 0.15) is 34.8 Å². The Morgan fingerprint density at radius 3 is 2.52 bits per heavy atom. The summed E-state index contributed by atoms with van der Waals surface area (Å²) in [5.41, 5.74) is 0.125. The number of nitrogens with one attached hydrogen (secondary N) is 2. The largest absolute Gasteiger partial charge is 0.505 e. The average molecular weight is 449 g/mol. The van der Waals surface area contributed by atoms with Gasteiger partial charge in [-0.05, 0) is 48.6 Å². The van der Waals surface area contributed by atoms with Gasteiger partial charge in [-0.2, -0.15) is 0 Å². The molecule has 1 aliphatic heterocycles. The molecule has 33 heavy (non-hydrogen) atoms. The smallest absolute Gasteiger partial charge is 0.257 e. The SMILES string of the molecule is CN(C)C(=O)c1cccc(Nc2c(N[C@@H](c3ccc4c(c3)OCO4)C3CC3)c(=O)c2=O)c1O. The lowest BCUT2D eigenvalue weighted by Crippen LogP contribution is -2.37. The van der Waals surface area contributed by atoms with Gasteiger partial charge < -0.3 is 30.1 Å². The van der Waals surface area contributed by atoms with Gasteiger partial charge in [0.15, 0.2) is 17.2 Å². The van der Waals surface area contributed by atoms with E-state index < -0.39 is 10.9 Å². The van der Waals surface area contributed by atoms with Crippen LogP contribution in [0.5, 0.6) is 17.2 Å². The molecule has 5 rings (SSSR count). The van der Waals surface area contributed by atoms with Crippen molar-refractivity contribution in [1.29, 1.82) is 0 Å². The molecule has 3 aromatic carbocycles. The number of hydrogen-bond donors (Lipinski definition) is 3. The topological polar surface area (TPSA) is 117 Å². The summed E-state index contributed by atoms with van der Waals surface area (Å²) < 4.78 is 10.9. The van der Waals surface area contributed by atoms with Crippen molar-refractivity contribution in [3.63, 3.8) is 0 Å². The monoisotopic (exact) mass is 449 g/mol. The van der Waals surface area contributed by atoms with Crippen molar-refractivity contribution in [2.45, 2.75) is 18.9 Å². The zero-order chi connectivity index (χ0) is 23.3. The van der Waals surface area contributed by atoms with Gasteiger partial charge in [-0.25, -0.2) is 0 Å².